The third-order valence-corrected chi connectivity index (χ3v) is 8.11. The smallest absolute Gasteiger partial charge is 0.243 e. The van der Waals surface area contributed by atoms with E-state index in [1.807, 2.05) is 4.90 Å². The van der Waals surface area contributed by atoms with E-state index in [9.17, 15) is 13.2 Å². The van der Waals surface area contributed by atoms with Crippen molar-refractivity contribution < 1.29 is 17.7 Å². The van der Waals surface area contributed by atoms with Crippen LogP contribution in [-0.4, -0.2) is 77.8 Å². The molecule has 2 fully saturated rings. The number of carbonyl (C=O) groups excluding carboxylic acids is 1. The minimum absolute atomic E-state index is 0. The summed E-state index contributed by atoms with van der Waals surface area (Å²) in [5.41, 5.74) is 0. The minimum Gasteiger partial charge on any atom is -0.343 e. The van der Waals surface area contributed by atoms with Crippen molar-refractivity contribution >= 4 is 44.3 Å². The Hall–Kier alpha value is -1.53. The van der Waals surface area contributed by atoms with Crippen molar-refractivity contribution in [3.05, 3.63) is 40.5 Å². The number of piperazine rings is 1. The summed E-state index contributed by atoms with van der Waals surface area (Å²) in [7, 11) is -3.49. The van der Waals surface area contributed by atoms with Crippen LogP contribution in [0.2, 0.25) is 0 Å². The topological polar surface area (TPSA) is 99.9 Å². The normalized spacial score (nSPS) is 18.0. The van der Waals surface area contributed by atoms with E-state index in [1.54, 1.807) is 24.3 Å². The Morgan fingerprint density at radius 2 is 1.69 bits per heavy atom. The monoisotopic (exact) mass is 547 g/mol. The Kier molecular flexibility index (Phi) is 8.68. The molecule has 2 aliphatic heterocycles. The maximum Gasteiger partial charge on any atom is 0.243 e. The zero-order chi connectivity index (χ0) is 21.8. The average Bonchev–Trinajstić information content (AvgIpc) is 3.45. The molecule has 3 heterocycles. The Labute approximate surface area is 202 Å². The average molecular weight is 549 g/mol. The predicted molar refractivity (Wildman–Crippen MR) is 124 cm³/mol. The summed E-state index contributed by atoms with van der Waals surface area (Å²) in [4.78, 5) is 20.8. The van der Waals surface area contributed by atoms with Gasteiger partial charge in [-0.3, -0.25) is 9.69 Å². The van der Waals surface area contributed by atoms with Gasteiger partial charge in [0.05, 0.1) is 11.4 Å². The van der Waals surface area contributed by atoms with E-state index in [4.69, 9.17) is 4.52 Å². The maximum atomic E-state index is 12.8. The molecule has 1 amide bonds. The number of hydrogen-bond donors (Lipinski definition) is 0. The molecule has 9 nitrogen and oxygen atoms in total. The Balaban J connectivity index is 0.00000289. The van der Waals surface area contributed by atoms with Crippen LogP contribution in [0.4, 0.5) is 0 Å². The van der Waals surface area contributed by atoms with Crippen LogP contribution in [0.5, 0.6) is 0 Å². The summed E-state index contributed by atoms with van der Waals surface area (Å²) in [6, 6.07) is 6.69. The zero-order valence-corrected chi connectivity index (χ0v) is 20.9. The number of aromatic nitrogens is 2. The van der Waals surface area contributed by atoms with Crippen LogP contribution in [0, 0.1) is 0 Å². The molecule has 0 N–H and O–H groups in total. The third-order valence-electron chi connectivity index (χ3n) is 5.67. The number of hydrogen-bond acceptors (Lipinski definition) is 7. The number of nitrogens with zero attached hydrogens (tertiary/aromatic N) is 5. The van der Waals surface area contributed by atoms with Gasteiger partial charge >= 0.3 is 0 Å². The van der Waals surface area contributed by atoms with Gasteiger partial charge in [0.1, 0.15) is 0 Å². The highest BCUT2D eigenvalue weighted by atomic mass is 79.9. The van der Waals surface area contributed by atoms with Crippen LogP contribution in [0.1, 0.15) is 31.0 Å². The molecular formula is C20H27BrClN5O4S. The van der Waals surface area contributed by atoms with Gasteiger partial charge in [0, 0.05) is 56.6 Å². The third kappa shape index (κ3) is 6.07. The molecule has 176 valence electrons. The standard InChI is InChI=1S/C20H26BrN5O4S.ClH/c21-16-3-5-17(6-4-16)31(28,29)26-13-11-24(12-14-26)15-18-22-19(30-23-18)7-8-20(27)25-9-1-2-10-25;/h3-6H,1-2,7-15H2;1H. The lowest BCUT2D eigenvalue weighted by atomic mass is 10.3. The molecule has 0 unspecified atom stereocenters. The molecule has 2 aliphatic rings. The van der Waals surface area contributed by atoms with Gasteiger partial charge in [0.25, 0.3) is 0 Å². The van der Waals surface area contributed by atoms with Crippen LogP contribution in [0.25, 0.3) is 0 Å². The second kappa shape index (κ2) is 11.1. The highest BCUT2D eigenvalue weighted by Crippen LogP contribution is 2.20. The van der Waals surface area contributed by atoms with Crippen LogP contribution >= 0.6 is 28.3 Å². The van der Waals surface area contributed by atoms with Crippen LogP contribution in [0.15, 0.2) is 38.2 Å². The van der Waals surface area contributed by atoms with Crippen LogP contribution < -0.4 is 0 Å². The first-order valence-electron chi connectivity index (χ1n) is 10.5. The van der Waals surface area contributed by atoms with E-state index in [0.717, 1.165) is 30.4 Å². The van der Waals surface area contributed by atoms with E-state index in [1.165, 1.54) is 4.31 Å². The molecule has 0 spiro atoms. The summed E-state index contributed by atoms with van der Waals surface area (Å²) in [5, 5.41) is 4.02. The van der Waals surface area contributed by atoms with E-state index in [2.05, 4.69) is 31.0 Å². The molecule has 2 saturated heterocycles. The quantitative estimate of drug-likeness (QED) is 0.523. The number of likely N-dealkylation sites (tertiary alicyclic amines) is 1. The van der Waals surface area contributed by atoms with E-state index < -0.39 is 10.0 Å². The lowest BCUT2D eigenvalue weighted by molar-refractivity contribution is -0.130. The van der Waals surface area contributed by atoms with Crippen molar-refractivity contribution in [1.82, 2.24) is 24.2 Å². The lowest BCUT2D eigenvalue weighted by Crippen LogP contribution is -2.48. The Bertz CT molecular complexity index is 1000. The molecule has 12 heteroatoms. The van der Waals surface area contributed by atoms with Crippen molar-refractivity contribution in [2.75, 3.05) is 39.3 Å². The van der Waals surface area contributed by atoms with E-state index in [-0.39, 0.29) is 18.3 Å². The summed E-state index contributed by atoms with van der Waals surface area (Å²) in [6.07, 6.45) is 2.98. The number of carbonyl (C=O) groups is 1. The van der Waals surface area contributed by atoms with E-state index >= 15 is 0 Å². The molecule has 1 aromatic heterocycles. The number of aryl methyl sites for hydroxylation is 1. The second-order valence-corrected chi connectivity index (χ2v) is 10.7. The Morgan fingerprint density at radius 3 is 2.34 bits per heavy atom. The first-order chi connectivity index (χ1) is 14.9. The van der Waals surface area contributed by atoms with Gasteiger partial charge < -0.3 is 9.42 Å². The van der Waals surface area contributed by atoms with Crippen molar-refractivity contribution in [2.45, 2.75) is 37.1 Å². The molecule has 0 atom stereocenters. The van der Waals surface area contributed by atoms with Gasteiger partial charge in [-0.1, -0.05) is 21.1 Å². The highest BCUT2D eigenvalue weighted by molar-refractivity contribution is 9.10. The molecule has 0 radical (unpaired) electrons. The summed E-state index contributed by atoms with van der Waals surface area (Å²) in [5.74, 6) is 1.17. The van der Waals surface area contributed by atoms with Crippen LogP contribution in [-0.2, 0) is 27.8 Å². The number of halogens is 2. The van der Waals surface area contributed by atoms with Gasteiger partial charge in [-0.2, -0.15) is 9.29 Å². The molecule has 2 aromatic rings. The molecule has 1 aromatic carbocycles. The van der Waals surface area contributed by atoms with Crippen molar-refractivity contribution in [3.8, 4) is 0 Å². The first kappa shape index (κ1) is 25.1. The second-order valence-electron chi connectivity index (χ2n) is 7.83. The van der Waals surface area contributed by atoms with Crippen molar-refractivity contribution in [3.63, 3.8) is 0 Å². The van der Waals surface area contributed by atoms with Crippen LogP contribution in [0.3, 0.4) is 0 Å². The highest BCUT2D eigenvalue weighted by Gasteiger charge is 2.29. The van der Waals surface area contributed by atoms with Gasteiger partial charge in [-0.15, -0.1) is 12.4 Å². The number of rotatable bonds is 7. The Morgan fingerprint density at radius 1 is 1.03 bits per heavy atom. The molecule has 0 aliphatic carbocycles. The SMILES string of the molecule is Cl.O=C(CCc1nc(CN2CCN(S(=O)(=O)c3ccc(Br)cc3)CC2)no1)N1CCCC1. The van der Waals surface area contributed by atoms with Gasteiger partial charge in [-0.05, 0) is 37.1 Å². The maximum absolute atomic E-state index is 12.8. The summed E-state index contributed by atoms with van der Waals surface area (Å²) < 4.78 is 33.3. The van der Waals surface area contributed by atoms with Crippen molar-refractivity contribution in [1.29, 1.82) is 0 Å². The number of amides is 1. The molecular weight excluding hydrogens is 522 g/mol. The molecule has 0 saturated carbocycles. The van der Waals surface area contributed by atoms with Gasteiger partial charge in [-0.25, -0.2) is 8.42 Å². The summed E-state index contributed by atoms with van der Waals surface area (Å²) >= 11 is 3.33. The van der Waals surface area contributed by atoms with Gasteiger partial charge in [0.15, 0.2) is 5.82 Å². The zero-order valence-electron chi connectivity index (χ0n) is 17.7. The number of sulfonamides is 1. The van der Waals surface area contributed by atoms with E-state index in [0.29, 0.717) is 62.2 Å². The predicted octanol–water partition coefficient (Wildman–Crippen LogP) is 2.32. The molecule has 32 heavy (non-hydrogen) atoms. The summed E-state index contributed by atoms with van der Waals surface area (Å²) in [6.45, 7) is 4.19. The van der Waals surface area contributed by atoms with Crippen molar-refractivity contribution in [2.24, 2.45) is 0 Å². The van der Waals surface area contributed by atoms with Gasteiger partial charge in [0.2, 0.25) is 21.8 Å². The minimum atomic E-state index is -3.49. The lowest BCUT2D eigenvalue weighted by Gasteiger charge is -2.33. The first-order valence-corrected chi connectivity index (χ1v) is 12.7. The number of benzene rings is 1. The molecule has 0 bridgehead atoms. The largest absolute Gasteiger partial charge is 0.343 e. The fourth-order valence-electron chi connectivity index (χ4n) is 3.88. The molecule has 4 rings (SSSR count). The fraction of sp³-hybridized carbons (Fsp3) is 0.550. The fourth-order valence-corrected chi connectivity index (χ4v) is 5.56.